The van der Waals surface area contributed by atoms with Gasteiger partial charge in [0.2, 0.25) is 0 Å². The summed E-state index contributed by atoms with van der Waals surface area (Å²) < 4.78 is 1.89. The minimum atomic E-state index is -0.165. The van der Waals surface area contributed by atoms with Gasteiger partial charge >= 0.3 is 0 Å². The fourth-order valence-corrected chi connectivity index (χ4v) is 3.56. The highest BCUT2D eigenvalue weighted by atomic mass is 32.2. The number of hydrogen-bond donors (Lipinski definition) is 0. The standard InChI is InChI=1S/C21H18N6OS/c1-26(17-9-5-10-22-13-17)19(28)18-14-25-21(29-20-23-11-6-12-24-20)27(18)15-16-7-3-2-4-8-16/h2-14H,15H2,1H3. The van der Waals surface area contributed by atoms with Crippen LogP contribution in [-0.4, -0.2) is 37.5 Å². The van der Waals surface area contributed by atoms with Gasteiger partial charge in [0, 0.05) is 25.6 Å². The molecule has 0 aliphatic carbocycles. The molecule has 0 fully saturated rings. The molecule has 0 saturated heterocycles. The van der Waals surface area contributed by atoms with Crippen molar-refractivity contribution >= 4 is 23.4 Å². The summed E-state index contributed by atoms with van der Waals surface area (Å²) in [6, 6.07) is 15.4. The average Bonchev–Trinajstić information content (AvgIpc) is 3.16. The Balaban J connectivity index is 1.70. The van der Waals surface area contributed by atoms with E-state index in [1.54, 1.807) is 55.1 Å². The summed E-state index contributed by atoms with van der Waals surface area (Å²) in [6.07, 6.45) is 8.30. The number of aromatic nitrogens is 5. The predicted octanol–water partition coefficient (Wildman–Crippen LogP) is 3.54. The first-order chi connectivity index (χ1) is 14.2. The van der Waals surface area contributed by atoms with Gasteiger partial charge in [-0.05, 0) is 35.5 Å². The fraction of sp³-hybridized carbons (Fsp3) is 0.0952. The zero-order valence-corrected chi connectivity index (χ0v) is 16.5. The molecule has 7 nitrogen and oxygen atoms in total. The van der Waals surface area contributed by atoms with Gasteiger partial charge in [0.05, 0.1) is 24.6 Å². The number of imidazole rings is 1. The number of hydrogen-bond acceptors (Lipinski definition) is 6. The van der Waals surface area contributed by atoms with Crippen molar-refractivity contribution in [1.82, 2.24) is 24.5 Å². The van der Waals surface area contributed by atoms with Crippen LogP contribution in [0.2, 0.25) is 0 Å². The number of rotatable bonds is 6. The number of nitrogens with zero attached hydrogens (tertiary/aromatic N) is 6. The van der Waals surface area contributed by atoms with Crippen LogP contribution in [0.3, 0.4) is 0 Å². The van der Waals surface area contributed by atoms with Crippen molar-refractivity contribution in [1.29, 1.82) is 0 Å². The Kier molecular flexibility index (Phi) is 5.62. The van der Waals surface area contributed by atoms with Crippen LogP contribution in [0.25, 0.3) is 0 Å². The van der Waals surface area contributed by atoms with Crippen LogP contribution in [0.1, 0.15) is 16.1 Å². The number of pyridine rings is 1. The van der Waals surface area contributed by atoms with E-state index in [0.29, 0.717) is 28.2 Å². The second-order valence-corrected chi connectivity index (χ2v) is 7.14. The van der Waals surface area contributed by atoms with E-state index in [0.717, 1.165) is 5.56 Å². The lowest BCUT2D eigenvalue weighted by molar-refractivity contribution is 0.0983. The first kappa shape index (κ1) is 18.8. The maximum Gasteiger partial charge on any atom is 0.276 e. The lowest BCUT2D eigenvalue weighted by atomic mass is 10.2. The van der Waals surface area contributed by atoms with Crippen LogP contribution in [-0.2, 0) is 6.54 Å². The van der Waals surface area contributed by atoms with Crippen molar-refractivity contribution in [3.05, 3.63) is 90.8 Å². The molecule has 0 radical (unpaired) electrons. The van der Waals surface area contributed by atoms with Gasteiger partial charge in [-0.1, -0.05) is 30.3 Å². The summed E-state index contributed by atoms with van der Waals surface area (Å²) in [7, 11) is 1.73. The molecular formula is C21H18N6OS. The second kappa shape index (κ2) is 8.66. The topological polar surface area (TPSA) is 76.8 Å². The summed E-state index contributed by atoms with van der Waals surface area (Å²) in [5.41, 5.74) is 2.27. The molecule has 0 aliphatic heterocycles. The van der Waals surface area contributed by atoms with Gasteiger partial charge in [-0.15, -0.1) is 0 Å². The van der Waals surface area contributed by atoms with Crippen molar-refractivity contribution in [3.63, 3.8) is 0 Å². The zero-order valence-electron chi connectivity index (χ0n) is 15.7. The number of benzene rings is 1. The molecule has 0 N–H and O–H groups in total. The van der Waals surface area contributed by atoms with Crippen LogP contribution >= 0.6 is 11.8 Å². The van der Waals surface area contributed by atoms with Gasteiger partial charge in [-0.3, -0.25) is 9.78 Å². The van der Waals surface area contributed by atoms with E-state index in [-0.39, 0.29) is 5.91 Å². The van der Waals surface area contributed by atoms with E-state index in [4.69, 9.17) is 0 Å². The van der Waals surface area contributed by atoms with Gasteiger partial charge < -0.3 is 9.47 Å². The number of anilines is 1. The van der Waals surface area contributed by atoms with Crippen molar-refractivity contribution < 1.29 is 4.79 Å². The van der Waals surface area contributed by atoms with Gasteiger partial charge in [0.15, 0.2) is 10.3 Å². The lowest BCUT2D eigenvalue weighted by Gasteiger charge is -2.18. The molecule has 0 spiro atoms. The molecule has 4 rings (SSSR count). The average molecular weight is 402 g/mol. The Bertz CT molecular complexity index is 1090. The molecule has 0 aliphatic rings. The monoisotopic (exact) mass is 402 g/mol. The predicted molar refractivity (Wildman–Crippen MR) is 111 cm³/mol. The lowest BCUT2D eigenvalue weighted by Crippen LogP contribution is -2.28. The highest BCUT2D eigenvalue weighted by Crippen LogP contribution is 2.26. The SMILES string of the molecule is CN(C(=O)c1cnc(Sc2ncccn2)n1Cc1ccccc1)c1cccnc1. The number of carbonyl (C=O) groups is 1. The van der Waals surface area contributed by atoms with Crippen LogP contribution in [0.5, 0.6) is 0 Å². The Morgan fingerprint density at radius 2 is 1.76 bits per heavy atom. The second-order valence-electron chi connectivity index (χ2n) is 6.21. The smallest absolute Gasteiger partial charge is 0.276 e. The summed E-state index contributed by atoms with van der Waals surface area (Å²) >= 11 is 1.33. The minimum absolute atomic E-state index is 0.165. The van der Waals surface area contributed by atoms with E-state index < -0.39 is 0 Å². The summed E-state index contributed by atoms with van der Waals surface area (Å²) in [4.78, 5) is 31.9. The molecule has 3 heterocycles. The van der Waals surface area contributed by atoms with Gasteiger partial charge in [0.1, 0.15) is 5.69 Å². The highest BCUT2D eigenvalue weighted by Gasteiger charge is 2.22. The van der Waals surface area contributed by atoms with E-state index in [9.17, 15) is 4.79 Å². The molecule has 8 heteroatoms. The molecule has 3 aromatic heterocycles. The van der Waals surface area contributed by atoms with Crippen LogP contribution in [0, 0.1) is 0 Å². The third kappa shape index (κ3) is 4.33. The molecule has 1 aromatic carbocycles. The van der Waals surface area contributed by atoms with Gasteiger partial charge in [-0.2, -0.15) is 0 Å². The molecule has 0 atom stereocenters. The minimum Gasteiger partial charge on any atom is -0.310 e. The number of carbonyl (C=O) groups excluding carboxylic acids is 1. The Morgan fingerprint density at radius 1 is 0.966 bits per heavy atom. The van der Waals surface area contributed by atoms with Crippen LogP contribution in [0.15, 0.2) is 89.8 Å². The van der Waals surface area contributed by atoms with Crippen molar-refractivity contribution in [2.24, 2.45) is 0 Å². The Labute approximate surface area is 172 Å². The quantitative estimate of drug-likeness (QED) is 0.459. The Hall–Kier alpha value is -3.52. The Morgan fingerprint density at radius 3 is 2.48 bits per heavy atom. The summed E-state index contributed by atoms with van der Waals surface area (Å²) in [5, 5.41) is 1.23. The first-order valence-electron chi connectivity index (χ1n) is 8.95. The third-order valence-electron chi connectivity index (χ3n) is 4.28. The molecule has 0 bridgehead atoms. The van der Waals surface area contributed by atoms with Crippen LogP contribution in [0.4, 0.5) is 5.69 Å². The molecule has 29 heavy (non-hydrogen) atoms. The van der Waals surface area contributed by atoms with E-state index in [2.05, 4.69) is 19.9 Å². The molecular weight excluding hydrogens is 384 g/mol. The maximum atomic E-state index is 13.2. The van der Waals surface area contributed by atoms with E-state index >= 15 is 0 Å². The first-order valence-corrected chi connectivity index (χ1v) is 9.76. The van der Waals surface area contributed by atoms with Gasteiger partial charge in [0.25, 0.3) is 5.91 Å². The molecule has 144 valence electrons. The third-order valence-corrected chi connectivity index (χ3v) is 5.19. The van der Waals surface area contributed by atoms with Crippen LogP contribution < -0.4 is 4.90 Å². The normalized spacial score (nSPS) is 10.7. The zero-order chi connectivity index (χ0) is 20.1. The van der Waals surface area contributed by atoms with Gasteiger partial charge in [-0.25, -0.2) is 15.0 Å². The fourth-order valence-electron chi connectivity index (χ4n) is 2.79. The summed E-state index contributed by atoms with van der Waals surface area (Å²) in [5.74, 6) is -0.165. The molecule has 4 aromatic rings. The molecule has 0 unspecified atom stereocenters. The largest absolute Gasteiger partial charge is 0.310 e. The maximum absolute atomic E-state index is 13.2. The van der Waals surface area contributed by atoms with E-state index in [1.807, 2.05) is 41.0 Å². The highest BCUT2D eigenvalue weighted by molar-refractivity contribution is 7.99. The van der Waals surface area contributed by atoms with Crippen molar-refractivity contribution in [2.45, 2.75) is 16.9 Å². The van der Waals surface area contributed by atoms with E-state index in [1.165, 1.54) is 11.8 Å². The van der Waals surface area contributed by atoms with Crippen molar-refractivity contribution in [3.8, 4) is 0 Å². The van der Waals surface area contributed by atoms with Crippen molar-refractivity contribution in [2.75, 3.05) is 11.9 Å². The number of amides is 1. The summed E-state index contributed by atoms with van der Waals surface area (Å²) in [6.45, 7) is 0.512. The molecule has 1 amide bonds. The molecule has 0 saturated carbocycles.